The fraction of sp³-hybridized carbons (Fsp3) is 0.917. The van der Waals surface area contributed by atoms with Crippen molar-refractivity contribution in [3.63, 3.8) is 0 Å². The van der Waals surface area contributed by atoms with Gasteiger partial charge in [-0.2, -0.15) is 0 Å². The molecule has 0 spiro atoms. The van der Waals surface area contributed by atoms with Crippen LogP contribution in [-0.4, -0.2) is 63.4 Å². The van der Waals surface area contributed by atoms with Gasteiger partial charge in [-0.3, -0.25) is 0 Å². The molecule has 0 aliphatic carbocycles. The molecule has 17 heavy (non-hydrogen) atoms. The van der Waals surface area contributed by atoms with Gasteiger partial charge in [-0.05, 0) is 34.9 Å². The largest absolute Gasteiger partial charge is 0.464 e. The predicted molar refractivity (Wildman–Crippen MR) is 68.1 cm³/mol. The molecule has 0 aliphatic rings. The Morgan fingerprint density at radius 3 is 2.53 bits per heavy atom. The zero-order valence-corrected chi connectivity index (χ0v) is 11.7. The van der Waals surface area contributed by atoms with E-state index in [-0.39, 0.29) is 18.1 Å². The molecular weight excluding hydrogens is 220 g/mol. The third-order valence-corrected chi connectivity index (χ3v) is 2.72. The quantitative estimate of drug-likeness (QED) is 0.474. The minimum absolute atomic E-state index is 0.0343. The normalized spacial score (nSPS) is 11.9. The second-order valence-electron chi connectivity index (χ2n) is 4.74. The van der Waals surface area contributed by atoms with E-state index < -0.39 is 0 Å². The number of esters is 1. The van der Waals surface area contributed by atoms with E-state index >= 15 is 0 Å². The van der Waals surface area contributed by atoms with E-state index in [0.717, 1.165) is 13.1 Å². The van der Waals surface area contributed by atoms with Crippen LogP contribution in [-0.2, 0) is 14.3 Å². The van der Waals surface area contributed by atoms with Gasteiger partial charge in [0.1, 0.15) is 6.61 Å². The van der Waals surface area contributed by atoms with Crippen LogP contribution in [0.4, 0.5) is 0 Å². The molecule has 0 saturated carbocycles. The van der Waals surface area contributed by atoms with Crippen molar-refractivity contribution < 1.29 is 14.3 Å². The average Bonchev–Trinajstić information content (AvgIpc) is 2.23. The van der Waals surface area contributed by atoms with Crippen molar-refractivity contribution in [3.8, 4) is 0 Å². The van der Waals surface area contributed by atoms with Crippen LogP contribution < -0.4 is 5.32 Å². The highest BCUT2D eigenvalue weighted by Crippen LogP contribution is 2.07. The molecule has 0 rings (SSSR count). The summed E-state index contributed by atoms with van der Waals surface area (Å²) in [5.41, 5.74) is 0.112. The third kappa shape index (κ3) is 8.12. The molecule has 0 radical (unpaired) electrons. The van der Waals surface area contributed by atoms with Gasteiger partial charge in [0.05, 0.1) is 13.2 Å². The summed E-state index contributed by atoms with van der Waals surface area (Å²) in [5, 5.41) is 3.29. The number of nitrogens with zero attached hydrogens (tertiary/aromatic N) is 1. The van der Waals surface area contributed by atoms with E-state index in [1.807, 2.05) is 0 Å². The first-order valence-electron chi connectivity index (χ1n) is 6.01. The average molecular weight is 246 g/mol. The Hall–Kier alpha value is -0.650. The van der Waals surface area contributed by atoms with E-state index in [0.29, 0.717) is 13.2 Å². The van der Waals surface area contributed by atoms with Gasteiger partial charge in [0.15, 0.2) is 0 Å². The van der Waals surface area contributed by atoms with Crippen molar-refractivity contribution in [1.29, 1.82) is 0 Å². The van der Waals surface area contributed by atoms with Gasteiger partial charge in [-0.1, -0.05) is 0 Å². The highest BCUT2D eigenvalue weighted by molar-refractivity contribution is 5.70. The van der Waals surface area contributed by atoms with Crippen LogP contribution >= 0.6 is 0 Å². The molecule has 0 bridgehead atoms. The molecule has 0 saturated heterocycles. The molecule has 5 nitrogen and oxygen atoms in total. The number of hydrogen-bond acceptors (Lipinski definition) is 5. The summed E-state index contributed by atoms with van der Waals surface area (Å²) in [6.07, 6.45) is 0. The van der Waals surface area contributed by atoms with Crippen LogP contribution in [0.3, 0.4) is 0 Å². The van der Waals surface area contributed by atoms with Crippen LogP contribution in [0.2, 0.25) is 0 Å². The molecule has 0 unspecified atom stereocenters. The topological polar surface area (TPSA) is 50.8 Å². The van der Waals surface area contributed by atoms with Gasteiger partial charge in [-0.15, -0.1) is 0 Å². The Balaban J connectivity index is 3.44. The molecule has 0 heterocycles. The second kappa shape index (κ2) is 8.44. The number of ether oxygens (including phenoxy) is 2. The third-order valence-electron chi connectivity index (χ3n) is 2.72. The van der Waals surface area contributed by atoms with Gasteiger partial charge in [-0.25, -0.2) is 4.79 Å². The highest BCUT2D eigenvalue weighted by Gasteiger charge is 2.19. The maximum Gasteiger partial charge on any atom is 0.332 e. The molecule has 0 aromatic carbocycles. The van der Waals surface area contributed by atoms with Gasteiger partial charge in [0.25, 0.3) is 0 Å². The Labute approximate surface area is 104 Å². The first-order chi connectivity index (χ1) is 7.90. The molecule has 0 fully saturated rings. The molecular formula is C12H26N2O3. The lowest BCUT2D eigenvalue weighted by atomic mass is 10.0. The summed E-state index contributed by atoms with van der Waals surface area (Å²) < 4.78 is 9.92. The maximum atomic E-state index is 11.0. The van der Waals surface area contributed by atoms with E-state index in [4.69, 9.17) is 9.47 Å². The van der Waals surface area contributed by atoms with Crippen LogP contribution in [0.25, 0.3) is 0 Å². The van der Waals surface area contributed by atoms with Crippen molar-refractivity contribution in [2.24, 2.45) is 0 Å². The second-order valence-corrected chi connectivity index (χ2v) is 4.74. The highest BCUT2D eigenvalue weighted by atomic mass is 16.6. The monoisotopic (exact) mass is 246 g/mol. The summed E-state index contributed by atoms with van der Waals surface area (Å²) in [5.74, 6) is -0.305. The number of likely N-dealkylation sites (N-methyl/N-ethyl adjacent to an activating group) is 1. The number of hydrogen-bond donors (Lipinski definition) is 1. The van der Waals surface area contributed by atoms with E-state index in [9.17, 15) is 4.79 Å². The Bertz CT molecular complexity index is 218. The first kappa shape index (κ1) is 16.4. The molecule has 0 aromatic rings. The summed E-state index contributed by atoms with van der Waals surface area (Å²) in [6, 6.07) is 0. The summed E-state index contributed by atoms with van der Waals surface area (Å²) in [7, 11) is 4.11. The Morgan fingerprint density at radius 1 is 1.35 bits per heavy atom. The predicted octanol–water partition coefficient (Wildman–Crippen LogP) is 0.496. The number of carbonyl (C=O) groups is 1. The van der Waals surface area contributed by atoms with Crippen molar-refractivity contribution >= 4 is 5.97 Å². The van der Waals surface area contributed by atoms with Gasteiger partial charge < -0.3 is 19.7 Å². The van der Waals surface area contributed by atoms with Crippen LogP contribution in [0.5, 0.6) is 0 Å². The number of nitrogens with one attached hydrogen (secondary N) is 1. The minimum Gasteiger partial charge on any atom is -0.464 e. The smallest absolute Gasteiger partial charge is 0.332 e. The standard InChI is InChI=1S/C12H26N2O3/c1-6-17-11(15)9-16-8-7-13-10-12(2,3)14(4)5/h13H,6-10H2,1-5H3. The molecule has 5 heteroatoms. The molecule has 102 valence electrons. The first-order valence-corrected chi connectivity index (χ1v) is 6.01. The minimum atomic E-state index is -0.305. The van der Waals surface area contributed by atoms with Crippen molar-refractivity contribution in [1.82, 2.24) is 10.2 Å². The van der Waals surface area contributed by atoms with Gasteiger partial charge in [0, 0.05) is 18.6 Å². The lowest BCUT2D eigenvalue weighted by molar-refractivity contribution is -0.148. The molecule has 0 amide bonds. The molecule has 1 N–H and O–H groups in total. The Morgan fingerprint density at radius 2 is 2.00 bits per heavy atom. The Kier molecular flexibility index (Phi) is 8.12. The summed E-state index contributed by atoms with van der Waals surface area (Å²) >= 11 is 0. The van der Waals surface area contributed by atoms with Crippen molar-refractivity contribution in [2.75, 3.05) is 47.0 Å². The summed E-state index contributed by atoms with van der Waals surface area (Å²) in [6.45, 7) is 8.67. The molecule has 0 aliphatic heterocycles. The number of rotatable bonds is 9. The van der Waals surface area contributed by atoms with Crippen LogP contribution in [0.15, 0.2) is 0 Å². The lowest BCUT2D eigenvalue weighted by Crippen LogP contribution is -2.47. The van der Waals surface area contributed by atoms with Crippen LogP contribution in [0, 0.1) is 0 Å². The SMILES string of the molecule is CCOC(=O)COCCNCC(C)(C)N(C)C. The van der Waals surface area contributed by atoms with E-state index in [1.165, 1.54) is 0 Å². The molecule has 0 atom stereocenters. The summed E-state index contributed by atoms with van der Waals surface area (Å²) in [4.78, 5) is 13.1. The van der Waals surface area contributed by atoms with Crippen molar-refractivity contribution in [2.45, 2.75) is 26.3 Å². The van der Waals surface area contributed by atoms with E-state index in [1.54, 1.807) is 6.92 Å². The van der Waals surface area contributed by atoms with Gasteiger partial charge >= 0.3 is 5.97 Å². The van der Waals surface area contributed by atoms with Crippen LogP contribution in [0.1, 0.15) is 20.8 Å². The van der Waals surface area contributed by atoms with Crippen molar-refractivity contribution in [3.05, 3.63) is 0 Å². The zero-order valence-electron chi connectivity index (χ0n) is 11.7. The maximum absolute atomic E-state index is 11.0. The number of carbonyl (C=O) groups excluding carboxylic acids is 1. The van der Waals surface area contributed by atoms with E-state index in [2.05, 4.69) is 38.2 Å². The lowest BCUT2D eigenvalue weighted by Gasteiger charge is -2.32. The van der Waals surface area contributed by atoms with Gasteiger partial charge in [0.2, 0.25) is 0 Å². The molecule has 0 aromatic heterocycles. The fourth-order valence-electron chi connectivity index (χ4n) is 1.05. The zero-order chi connectivity index (χ0) is 13.3. The fourth-order valence-corrected chi connectivity index (χ4v) is 1.05.